The molecule has 0 radical (unpaired) electrons. The summed E-state index contributed by atoms with van der Waals surface area (Å²) in [5.41, 5.74) is -0.416. The van der Waals surface area contributed by atoms with Crippen molar-refractivity contribution in [3.05, 3.63) is 47.9 Å². The molecule has 0 aliphatic heterocycles. The van der Waals surface area contributed by atoms with E-state index in [0.29, 0.717) is 5.75 Å². The number of hydrogen-bond donors (Lipinski definition) is 1. The summed E-state index contributed by atoms with van der Waals surface area (Å²) in [6, 6.07) is 6.77. The van der Waals surface area contributed by atoms with E-state index in [1.165, 1.54) is 19.4 Å². The van der Waals surface area contributed by atoms with Crippen molar-refractivity contribution >= 4 is 5.97 Å². The van der Waals surface area contributed by atoms with Crippen molar-refractivity contribution in [3.8, 4) is 17.4 Å². The van der Waals surface area contributed by atoms with Crippen LogP contribution in [0.3, 0.4) is 0 Å². The van der Waals surface area contributed by atoms with Crippen LogP contribution in [0.1, 0.15) is 10.4 Å². The summed E-state index contributed by atoms with van der Waals surface area (Å²) in [4.78, 5) is 14.6. The van der Waals surface area contributed by atoms with E-state index < -0.39 is 17.3 Å². The summed E-state index contributed by atoms with van der Waals surface area (Å²) < 4.78 is 23.9. The maximum atomic E-state index is 13.5. The van der Waals surface area contributed by atoms with E-state index in [0.717, 1.165) is 12.1 Å². The topological polar surface area (TPSA) is 68.7 Å². The second-order valence-corrected chi connectivity index (χ2v) is 3.56. The predicted octanol–water partition coefficient (Wildman–Crippen LogP) is 2.72. The van der Waals surface area contributed by atoms with Gasteiger partial charge in [0.05, 0.1) is 12.7 Å². The van der Waals surface area contributed by atoms with Gasteiger partial charge >= 0.3 is 5.97 Å². The van der Waals surface area contributed by atoms with Crippen LogP contribution in [0.4, 0.5) is 4.39 Å². The van der Waals surface area contributed by atoms with Gasteiger partial charge in [0.2, 0.25) is 0 Å². The summed E-state index contributed by atoms with van der Waals surface area (Å²) >= 11 is 0. The average molecular weight is 263 g/mol. The van der Waals surface area contributed by atoms with Crippen LogP contribution in [0.15, 0.2) is 36.5 Å². The second-order valence-electron chi connectivity index (χ2n) is 3.56. The molecule has 0 unspecified atom stereocenters. The first-order valence-electron chi connectivity index (χ1n) is 5.31. The highest BCUT2D eigenvalue weighted by Gasteiger charge is 2.12. The third kappa shape index (κ3) is 2.79. The van der Waals surface area contributed by atoms with Crippen LogP contribution in [0.5, 0.6) is 17.4 Å². The molecule has 0 bridgehead atoms. The van der Waals surface area contributed by atoms with Gasteiger partial charge in [-0.25, -0.2) is 14.2 Å². The third-order valence-corrected chi connectivity index (χ3v) is 2.34. The Kier molecular flexibility index (Phi) is 3.61. The molecule has 0 saturated carbocycles. The van der Waals surface area contributed by atoms with Crippen molar-refractivity contribution in [1.82, 2.24) is 4.98 Å². The quantitative estimate of drug-likeness (QED) is 0.918. The molecule has 1 aromatic heterocycles. The van der Waals surface area contributed by atoms with Crippen LogP contribution in [-0.2, 0) is 0 Å². The van der Waals surface area contributed by atoms with E-state index >= 15 is 0 Å². The minimum Gasteiger partial charge on any atom is -0.491 e. The number of ether oxygens (including phenoxy) is 2. The largest absolute Gasteiger partial charge is 0.491 e. The summed E-state index contributed by atoms with van der Waals surface area (Å²) in [5, 5.41) is 8.72. The highest BCUT2D eigenvalue weighted by atomic mass is 19.1. The third-order valence-electron chi connectivity index (χ3n) is 2.34. The monoisotopic (exact) mass is 263 g/mol. The van der Waals surface area contributed by atoms with Gasteiger partial charge in [-0.3, -0.25) is 0 Å². The number of pyridine rings is 1. The second kappa shape index (κ2) is 5.34. The number of methoxy groups -OCH3 is 1. The minimum absolute atomic E-state index is 0.138. The maximum absolute atomic E-state index is 13.5. The lowest BCUT2D eigenvalue weighted by atomic mass is 10.2. The van der Waals surface area contributed by atoms with Crippen LogP contribution in [0.2, 0.25) is 0 Å². The summed E-state index contributed by atoms with van der Waals surface area (Å²) in [6.07, 6.45) is 1.50. The lowest BCUT2D eigenvalue weighted by molar-refractivity contribution is 0.0692. The van der Waals surface area contributed by atoms with Crippen molar-refractivity contribution in [3.63, 3.8) is 0 Å². The standard InChI is InChI=1S/C13H10FNO4/c1-18-11-3-2-6-15-12(11)19-8-4-5-9(13(16)17)10(14)7-8/h2-7H,1H3,(H,16,17). The van der Waals surface area contributed by atoms with E-state index in [9.17, 15) is 9.18 Å². The highest BCUT2D eigenvalue weighted by molar-refractivity contribution is 5.88. The van der Waals surface area contributed by atoms with Gasteiger partial charge in [0, 0.05) is 12.3 Å². The van der Waals surface area contributed by atoms with E-state index in [-0.39, 0.29) is 11.6 Å². The number of benzene rings is 1. The lowest BCUT2D eigenvalue weighted by Gasteiger charge is -2.09. The normalized spacial score (nSPS) is 10.0. The van der Waals surface area contributed by atoms with Gasteiger partial charge in [-0.2, -0.15) is 0 Å². The van der Waals surface area contributed by atoms with Gasteiger partial charge in [-0.05, 0) is 24.3 Å². The SMILES string of the molecule is COc1cccnc1Oc1ccc(C(=O)O)c(F)c1. The first kappa shape index (κ1) is 12.8. The number of hydrogen-bond acceptors (Lipinski definition) is 4. The van der Waals surface area contributed by atoms with Crippen molar-refractivity contribution in [2.75, 3.05) is 7.11 Å². The van der Waals surface area contributed by atoms with Gasteiger partial charge in [-0.1, -0.05) is 0 Å². The molecule has 2 aromatic rings. The fraction of sp³-hybridized carbons (Fsp3) is 0.0769. The van der Waals surface area contributed by atoms with Gasteiger partial charge in [-0.15, -0.1) is 0 Å². The summed E-state index contributed by atoms with van der Waals surface area (Å²) in [5.74, 6) is -1.50. The van der Waals surface area contributed by atoms with E-state index in [1.54, 1.807) is 12.1 Å². The molecular weight excluding hydrogens is 253 g/mol. The van der Waals surface area contributed by atoms with E-state index in [2.05, 4.69) is 4.98 Å². The van der Waals surface area contributed by atoms with Crippen molar-refractivity contribution in [1.29, 1.82) is 0 Å². The molecule has 5 nitrogen and oxygen atoms in total. The van der Waals surface area contributed by atoms with Crippen LogP contribution in [-0.4, -0.2) is 23.2 Å². The molecule has 6 heteroatoms. The van der Waals surface area contributed by atoms with Crippen LogP contribution < -0.4 is 9.47 Å². The Morgan fingerprint density at radius 3 is 2.79 bits per heavy atom. The van der Waals surface area contributed by atoms with Gasteiger partial charge in [0.25, 0.3) is 5.88 Å². The number of nitrogens with zero attached hydrogens (tertiary/aromatic N) is 1. The first-order chi connectivity index (χ1) is 9.11. The maximum Gasteiger partial charge on any atom is 0.338 e. The number of halogens is 1. The molecule has 1 N–H and O–H groups in total. The minimum atomic E-state index is -1.33. The Morgan fingerprint density at radius 2 is 2.16 bits per heavy atom. The zero-order valence-electron chi connectivity index (χ0n) is 9.96. The Labute approximate surface area is 108 Å². The van der Waals surface area contributed by atoms with E-state index in [1.807, 2.05) is 0 Å². The zero-order chi connectivity index (χ0) is 13.8. The van der Waals surface area contributed by atoms with Gasteiger partial charge in [0.15, 0.2) is 5.75 Å². The molecule has 0 atom stereocenters. The van der Waals surface area contributed by atoms with Crippen molar-refractivity contribution in [2.24, 2.45) is 0 Å². The number of carboxylic acids is 1. The Bertz CT molecular complexity index is 615. The smallest absolute Gasteiger partial charge is 0.338 e. The van der Waals surface area contributed by atoms with Crippen molar-refractivity contribution in [2.45, 2.75) is 0 Å². The molecule has 1 aromatic carbocycles. The summed E-state index contributed by atoms with van der Waals surface area (Å²) in [7, 11) is 1.46. The molecule has 98 valence electrons. The van der Waals surface area contributed by atoms with Gasteiger partial charge < -0.3 is 14.6 Å². The number of aromatic nitrogens is 1. The molecule has 0 amide bonds. The van der Waals surface area contributed by atoms with Gasteiger partial charge in [0.1, 0.15) is 11.6 Å². The fourth-order valence-corrected chi connectivity index (χ4v) is 1.45. The van der Waals surface area contributed by atoms with E-state index in [4.69, 9.17) is 14.6 Å². The van der Waals surface area contributed by atoms with Crippen LogP contribution in [0, 0.1) is 5.82 Å². The molecule has 0 aliphatic carbocycles. The number of rotatable bonds is 4. The Balaban J connectivity index is 2.29. The summed E-state index contributed by atoms with van der Waals surface area (Å²) in [6.45, 7) is 0. The first-order valence-corrected chi connectivity index (χ1v) is 5.31. The predicted molar refractivity (Wildman–Crippen MR) is 64.2 cm³/mol. The van der Waals surface area contributed by atoms with Crippen LogP contribution >= 0.6 is 0 Å². The zero-order valence-corrected chi connectivity index (χ0v) is 9.96. The molecule has 0 saturated heterocycles. The fourth-order valence-electron chi connectivity index (χ4n) is 1.45. The molecular formula is C13H10FNO4. The van der Waals surface area contributed by atoms with Crippen LogP contribution in [0.25, 0.3) is 0 Å². The lowest BCUT2D eigenvalue weighted by Crippen LogP contribution is -2.00. The highest BCUT2D eigenvalue weighted by Crippen LogP contribution is 2.29. The molecule has 19 heavy (non-hydrogen) atoms. The Morgan fingerprint density at radius 1 is 1.37 bits per heavy atom. The number of aromatic carboxylic acids is 1. The molecule has 0 aliphatic rings. The number of carbonyl (C=O) groups is 1. The Hall–Kier alpha value is -2.63. The van der Waals surface area contributed by atoms with Crippen molar-refractivity contribution < 1.29 is 23.8 Å². The molecule has 0 fully saturated rings. The molecule has 1 heterocycles. The molecule has 0 spiro atoms. The average Bonchev–Trinajstić information content (AvgIpc) is 2.39. The molecule has 2 rings (SSSR count). The number of carboxylic acid groups (broad SMARTS) is 1.